The molecule has 1 unspecified atom stereocenters. The topological polar surface area (TPSA) is 43.8 Å². The van der Waals surface area contributed by atoms with Crippen molar-refractivity contribution in [2.24, 2.45) is 18.7 Å². The number of nitrogens with zero attached hydrogens (tertiary/aromatic N) is 2. The highest BCUT2D eigenvalue weighted by molar-refractivity contribution is 5.09. The van der Waals surface area contributed by atoms with Gasteiger partial charge in [-0.3, -0.25) is 4.68 Å². The molecule has 0 saturated heterocycles. The molecule has 2 rings (SSSR count). The Kier molecular flexibility index (Phi) is 3.99. The first-order chi connectivity index (χ1) is 7.75. The molecule has 1 fully saturated rings. The minimum atomic E-state index is 0.177. The van der Waals surface area contributed by atoms with E-state index < -0.39 is 0 Å². The van der Waals surface area contributed by atoms with E-state index in [1.165, 1.54) is 44.1 Å². The zero-order chi connectivity index (χ0) is 11.4. The van der Waals surface area contributed by atoms with Gasteiger partial charge in [-0.25, -0.2) is 0 Å². The van der Waals surface area contributed by atoms with Gasteiger partial charge in [0.05, 0.1) is 6.20 Å². The first-order valence-electron chi connectivity index (χ1n) is 6.50. The minimum absolute atomic E-state index is 0.177. The van der Waals surface area contributed by atoms with Crippen molar-refractivity contribution in [2.75, 3.05) is 0 Å². The Hall–Kier alpha value is -0.830. The van der Waals surface area contributed by atoms with E-state index in [4.69, 9.17) is 5.73 Å². The van der Waals surface area contributed by atoms with Crippen LogP contribution in [-0.2, 0) is 7.05 Å². The quantitative estimate of drug-likeness (QED) is 0.849. The van der Waals surface area contributed by atoms with Gasteiger partial charge in [0.1, 0.15) is 0 Å². The Labute approximate surface area is 98.0 Å². The molecule has 1 aromatic heterocycles. The van der Waals surface area contributed by atoms with Crippen molar-refractivity contribution in [2.45, 2.75) is 51.0 Å². The summed E-state index contributed by atoms with van der Waals surface area (Å²) >= 11 is 0. The molecule has 0 radical (unpaired) electrons. The SMILES string of the molecule is Cn1cc(C(N)CCC2CCCCC2)cn1. The maximum absolute atomic E-state index is 6.17. The van der Waals surface area contributed by atoms with Crippen LogP contribution in [0.1, 0.15) is 56.6 Å². The van der Waals surface area contributed by atoms with Crippen LogP contribution in [0.3, 0.4) is 0 Å². The number of hydrogen-bond donors (Lipinski definition) is 1. The van der Waals surface area contributed by atoms with Crippen molar-refractivity contribution >= 4 is 0 Å². The first-order valence-corrected chi connectivity index (χ1v) is 6.50. The van der Waals surface area contributed by atoms with E-state index in [0.717, 1.165) is 12.3 Å². The summed E-state index contributed by atoms with van der Waals surface area (Å²) in [6.45, 7) is 0. The fourth-order valence-electron chi connectivity index (χ4n) is 2.69. The predicted molar refractivity (Wildman–Crippen MR) is 65.9 cm³/mol. The van der Waals surface area contributed by atoms with E-state index in [1.807, 2.05) is 24.1 Å². The van der Waals surface area contributed by atoms with Gasteiger partial charge in [0.2, 0.25) is 0 Å². The zero-order valence-corrected chi connectivity index (χ0v) is 10.2. The van der Waals surface area contributed by atoms with Gasteiger partial charge < -0.3 is 5.73 Å². The van der Waals surface area contributed by atoms with Crippen LogP contribution in [0.25, 0.3) is 0 Å². The van der Waals surface area contributed by atoms with Crippen LogP contribution in [-0.4, -0.2) is 9.78 Å². The van der Waals surface area contributed by atoms with Gasteiger partial charge >= 0.3 is 0 Å². The van der Waals surface area contributed by atoms with Gasteiger partial charge in [0.25, 0.3) is 0 Å². The van der Waals surface area contributed by atoms with E-state index >= 15 is 0 Å². The number of aromatic nitrogens is 2. The first kappa shape index (κ1) is 11.6. The van der Waals surface area contributed by atoms with Gasteiger partial charge in [0, 0.05) is 24.8 Å². The van der Waals surface area contributed by atoms with Crippen molar-refractivity contribution in [1.29, 1.82) is 0 Å². The maximum Gasteiger partial charge on any atom is 0.0537 e. The van der Waals surface area contributed by atoms with Crippen molar-refractivity contribution < 1.29 is 0 Å². The fourth-order valence-corrected chi connectivity index (χ4v) is 2.69. The molecule has 1 saturated carbocycles. The molecule has 1 atom stereocenters. The Bertz CT molecular complexity index is 313. The van der Waals surface area contributed by atoms with Gasteiger partial charge in [-0.2, -0.15) is 5.10 Å². The lowest BCUT2D eigenvalue weighted by Crippen LogP contribution is -2.13. The third kappa shape index (κ3) is 3.08. The smallest absolute Gasteiger partial charge is 0.0537 e. The molecule has 1 aliphatic rings. The normalized spacial score (nSPS) is 19.9. The zero-order valence-electron chi connectivity index (χ0n) is 10.2. The van der Waals surface area contributed by atoms with Gasteiger partial charge in [-0.05, 0) is 18.8 Å². The summed E-state index contributed by atoms with van der Waals surface area (Å²) < 4.78 is 1.83. The molecule has 0 amide bonds. The van der Waals surface area contributed by atoms with Crippen LogP contribution < -0.4 is 5.73 Å². The minimum Gasteiger partial charge on any atom is -0.324 e. The summed E-state index contributed by atoms with van der Waals surface area (Å²) in [5.74, 6) is 0.927. The van der Waals surface area contributed by atoms with E-state index in [9.17, 15) is 0 Å². The Balaban J connectivity index is 1.76. The standard InChI is InChI=1S/C13H23N3/c1-16-10-12(9-15-16)13(14)8-7-11-5-3-2-4-6-11/h9-11,13H,2-8,14H2,1H3. The van der Waals surface area contributed by atoms with Crippen molar-refractivity contribution in [1.82, 2.24) is 9.78 Å². The fraction of sp³-hybridized carbons (Fsp3) is 0.769. The molecule has 1 heterocycles. The lowest BCUT2D eigenvalue weighted by Gasteiger charge is -2.22. The highest BCUT2D eigenvalue weighted by Crippen LogP contribution is 2.29. The Morgan fingerprint density at radius 2 is 2.19 bits per heavy atom. The van der Waals surface area contributed by atoms with E-state index in [-0.39, 0.29) is 6.04 Å². The van der Waals surface area contributed by atoms with Crippen molar-refractivity contribution in [3.05, 3.63) is 18.0 Å². The molecule has 2 N–H and O–H groups in total. The molecule has 3 nitrogen and oxygen atoms in total. The van der Waals surface area contributed by atoms with E-state index in [0.29, 0.717) is 0 Å². The number of rotatable bonds is 4. The molecule has 0 aliphatic heterocycles. The van der Waals surface area contributed by atoms with Gasteiger partial charge in [-0.15, -0.1) is 0 Å². The third-order valence-electron chi connectivity index (χ3n) is 3.76. The summed E-state index contributed by atoms with van der Waals surface area (Å²) in [4.78, 5) is 0. The molecule has 0 aromatic carbocycles. The third-order valence-corrected chi connectivity index (χ3v) is 3.76. The second kappa shape index (κ2) is 5.48. The van der Waals surface area contributed by atoms with Crippen LogP contribution in [0.2, 0.25) is 0 Å². The molecule has 3 heteroatoms. The van der Waals surface area contributed by atoms with Crippen LogP contribution in [0, 0.1) is 5.92 Å². The molecular formula is C13H23N3. The molecule has 1 aliphatic carbocycles. The highest BCUT2D eigenvalue weighted by Gasteiger charge is 2.15. The highest BCUT2D eigenvalue weighted by atomic mass is 15.2. The van der Waals surface area contributed by atoms with Crippen LogP contribution in [0.5, 0.6) is 0 Å². The largest absolute Gasteiger partial charge is 0.324 e. The van der Waals surface area contributed by atoms with Gasteiger partial charge in [0.15, 0.2) is 0 Å². The lowest BCUT2D eigenvalue weighted by molar-refractivity contribution is 0.324. The second-order valence-corrected chi connectivity index (χ2v) is 5.14. The number of aryl methyl sites for hydroxylation is 1. The van der Waals surface area contributed by atoms with E-state index in [1.54, 1.807) is 0 Å². The van der Waals surface area contributed by atoms with Crippen LogP contribution >= 0.6 is 0 Å². The average Bonchev–Trinajstić information content (AvgIpc) is 2.74. The summed E-state index contributed by atoms with van der Waals surface area (Å²) in [6.07, 6.45) is 13.4. The van der Waals surface area contributed by atoms with Crippen molar-refractivity contribution in [3.8, 4) is 0 Å². The molecule has 0 spiro atoms. The summed E-state index contributed by atoms with van der Waals surface area (Å²) in [7, 11) is 1.94. The summed E-state index contributed by atoms with van der Waals surface area (Å²) in [5, 5.41) is 4.17. The van der Waals surface area contributed by atoms with Crippen molar-refractivity contribution in [3.63, 3.8) is 0 Å². The summed E-state index contributed by atoms with van der Waals surface area (Å²) in [5.41, 5.74) is 7.35. The molecular weight excluding hydrogens is 198 g/mol. The van der Waals surface area contributed by atoms with Crippen LogP contribution in [0.15, 0.2) is 12.4 Å². The number of nitrogens with two attached hydrogens (primary N) is 1. The predicted octanol–water partition coefficient (Wildman–Crippen LogP) is 2.78. The summed E-state index contributed by atoms with van der Waals surface area (Å²) in [6, 6.07) is 0.177. The number of hydrogen-bond acceptors (Lipinski definition) is 2. The molecule has 90 valence electrons. The van der Waals surface area contributed by atoms with Gasteiger partial charge in [-0.1, -0.05) is 32.1 Å². The Morgan fingerprint density at radius 3 is 2.81 bits per heavy atom. The maximum atomic E-state index is 6.17. The molecule has 0 bridgehead atoms. The average molecular weight is 221 g/mol. The van der Waals surface area contributed by atoms with Crippen LogP contribution in [0.4, 0.5) is 0 Å². The Morgan fingerprint density at radius 1 is 1.44 bits per heavy atom. The monoisotopic (exact) mass is 221 g/mol. The second-order valence-electron chi connectivity index (χ2n) is 5.14. The lowest BCUT2D eigenvalue weighted by atomic mass is 9.85. The molecule has 1 aromatic rings. The molecule has 16 heavy (non-hydrogen) atoms. The van der Waals surface area contributed by atoms with E-state index in [2.05, 4.69) is 5.10 Å².